The minimum Gasteiger partial charge on any atom is -0.480 e. The van der Waals surface area contributed by atoms with Gasteiger partial charge in [0.05, 0.1) is 0 Å². The molecule has 1 heterocycles. The fraction of sp³-hybridized carbons (Fsp3) is 0.429. The van der Waals surface area contributed by atoms with Crippen molar-refractivity contribution >= 4 is 17.6 Å². The molecule has 1 aromatic rings. The summed E-state index contributed by atoms with van der Waals surface area (Å²) in [6.45, 7) is 0.729. The highest BCUT2D eigenvalue weighted by Gasteiger charge is 2.51. The first-order valence-corrected chi connectivity index (χ1v) is 6.48. The SMILES string of the molecule is O=C(CC1CNc2ccccc21)NC1(C(=O)O)CC1. The molecule has 1 unspecified atom stereocenters. The van der Waals surface area contributed by atoms with Crippen LogP contribution in [0.15, 0.2) is 24.3 Å². The quantitative estimate of drug-likeness (QED) is 0.763. The predicted octanol–water partition coefficient (Wildman–Crippen LogP) is 1.32. The fourth-order valence-corrected chi connectivity index (χ4v) is 2.60. The molecule has 0 saturated heterocycles. The minimum atomic E-state index is -0.983. The van der Waals surface area contributed by atoms with Crippen LogP contribution in [-0.4, -0.2) is 29.1 Å². The number of hydrogen-bond acceptors (Lipinski definition) is 3. The van der Waals surface area contributed by atoms with Gasteiger partial charge >= 0.3 is 5.97 Å². The Hall–Kier alpha value is -2.04. The van der Waals surface area contributed by atoms with Crippen LogP contribution in [0.25, 0.3) is 0 Å². The molecule has 1 aliphatic carbocycles. The number of carboxylic acids is 1. The second kappa shape index (κ2) is 4.26. The van der Waals surface area contributed by atoms with Crippen LogP contribution in [0.4, 0.5) is 5.69 Å². The van der Waals surface area contributed by atoms with Gasteiger partial charge in [-0.05, 0) is 24.5 Å². The van der Waals surface area contributed by atoms with Crippen molar-refractivity contribution in [2.45, 2.75) is 30.7 Å². The maximum Gasteiger partial charge on any atom is 0.329 e. The van der Waals surface area contributed by atoms with Crippen LogP contribution in [-0.2, 0) is 9.59 Å². The monoisotopic (exact) mass is 260 g/mol. The van der Waals surface area contributed by atoms with Gasteiger partial charge in [0.2, 0.25) is 5.91 Å². The smallest absolute Gasteiger partial charge is 0.329 e. The van der Waals surface area contributed by atoms with Gasteiger partial charge in [-0.15, -0.1) is 0 Å². The van der Waals surface area contributed by atoms with E-state index in [4.69, 9.17) is 5.11 Å². The summed E-state index contributed by atoms with van der Waals surface area (Å²) < 4.78 is 0. The van der Waals surface area contributed by atoms with Gasteiger partial charge in [0.15, 0.2) is 0 Å². The number of carbonyl (C=O) groups is 2. The average Bonchev–Trinajstić information content (AvgIpc) is 3.06. The predicted molar refractivity (Wildman–Crippen MR) is 70.0 cm³/mol. The molecule has 0 spiro atoms. The highest BCUT2D eigenvalue weighted by Crippen LogP contribution is 2.37. The van der Waals surface area contributed by atoms with Crippen LogP contribution >= 0.6 is 0 Å². The van der Waals surface area contributed by atoms with Crippen molar-refractivity contribution in [3.05, 3.63) is 29.8 Å². The number of carbonyl (C=O) groups excluding carboxylic acids is 1. The van der Waals surface area contributed by atoms with E-state index in [-0.39, 0.29) is 11.8 Å². The van der Waals surface area contributed by atoms with Crippen molar-refractivity contribution < 1.29 is 14.7 Å². The average molecular weight is 260 g/mol. The Balaban J connectivity index is 1.64. The molecule has 5 nitrogen and oxygen atoms in total. The lowest BCUT2D eigenvalue weighted by Gasteiger charge is -2.15. The number of benzene rings is 1. The van der Waals surface area contributed by atoms with Gasteiger partial charge in [0, 0.05) is 24.6 Å². The van der Waals surface area contributed by atoms with E-state index in [0.29, 0.717) is 19.3 Å². The standard InChI is InChI=1S/C14H16N2O3/c17-12(16-14(5-6-14)13(18)19)7-9-8-15-11-4-2-1-3-10(9)11/h1-4,9,15H,5-8H2,(H,16,17)(H,18,19). The van der Waals surface area contributed by atoms with E-state index in [1.54, 1.807) is 0 Å². The Morgan fingerprint density at radius 1 is 1.37 bits per heavy atom. The first-order chi connectivity index (χ1) is 9.11. The topological polar surface area (TPSA) is 78.4 Å². The Bertz CT molecular complexity index is 537. The van der Waals surface area contributed by atoms with Gasteiger partial charge in [-0.3, -0.25) is 4.79 Å². The fourth-order valence-electron chi connectivity index (χ4n) is 2.60. The molecule has 19 heavy (non-hydrogen) atoms. The Kier molecular flexibility index (Phi) is 2.69. The van der Waals surface area contributed by atoms with Crippen molar-refractivity contribution in [3.8, 4) is 0 Å². The maximum atomic E-state index is 12.0. The zero-order valence-corrected chi connectivity index (χ0v) is 10.5. The zero-order valence-electron chi connectivity index (χ0n) is 10.5. The van der Waals surface area contributed by atoms with E-state index in [1.165, 1.54) is 0 Å². The number of aliphatic carboxylic acids is 1. The van der Waals surface area contributed by atoms with Gasteiger partial charge in [-0.1, -0.05) is 18.2 Å². The van der Waals surface area contributed by atoms with E-state index in [2.05, 4.69) is 10.6 Å². The summed E-state index contributed by atoms with van der Waals surface area (Å²) in [6, 6.07) is 7.92. The number of para-hydroxylation sites is 1. The highest BCUT2D eigenvalue weighted by molar-refractivity contribution is 5.90. The number of amides is 1. The summed E-state index contributed by atoms with van der Waals surface area (Å²) in [6.07, 6.45) is 1.40. The first kappa shape index (κ1) is 12.0. The molecular formula is C14H16N2O3. The van der Waals surface area contributed by atoms with Crippen LogP contribution in [0.5, 0.6) is 0 Å². The lowest BCUT2D eigenvalue weighted by molar-refractivity contribution is -0.143. The van der Waals surface area contributed by atoms with E-state index in [0.717, 1.165) is 17.8 Å². The summed E-state index contributed by atoms with van der Waals surface area (Å²) in [4.78, 5) is 23.0. The number of anilines is 1. The van der Waals surface area contributed by atoms with Crippen LogP contribution in [0.2, 0.25) is 0 Å². The van der Waals surface area contributed by atoms with Gasteiger partial charge in [-0.2, -0.15) is 0 Å². The second-order valence-electron chi connectivity index (χ2n) is 5.30. The first-order valence-electron chi connectivity index (χ1n) is 6.48. The molecule has 0 radical (unpaired) electrons. The van der Waals surface area contributed by atoms with Gasteiger partial charge < -0.3 is 15.7 Å². The molecule has 1 atom stereocenters. The Labute approximate surface area is 111 Å². The number of fused-ring (bicyclic) bond motifs is 1. The summed E-state index contributed by atoms with van der Waals surface area (Å²) in [5.41, 5.74) is 1.22. The van der Waals surface area contributed by atoms with Gasteiger partial charge in [0.25, 0.3) is 0 Å². The molecule has 1 amide bonds. The number of carboxylic acid groups (broad SMARTS) is 1. The van der Waals surface area contributed by atoms with E-state index in [1.807, 2.05) is 24.3 Å². The minimum absolute atomic E-state index is 0.126. The molecule has 3 rings (SSSR count). The van der Waals surface area contributed by atoms with E-state index in [9.17, 15) is 9.59 Å². The van der Waals surface area contributed by atoms with Crippen molar-refractivity contribution in [2.75, 3.05) is 11.9 Å². The molecule has 1 aromatic carbocycles. The van der Waals surface area contributed by atoms with Crippen LogP contribution < -0.4 is 10.6 Å². The molecule has 0 bridgehead atoms. The Morgan fingerprint density at radius 2 is 2.11 bits per heavy atom. The number of hydrogen-bond donors (Lipinski definition) is 3. The van der Waals surface area contributed by atoms with Crippen molar-refractivity contribution in [3.63, 3.8) is 0 Å². The summed E-state index contributed by atoms with van der Waals surface area (Å²) in [5, 5.41) is 15.0. The number of nitrogens with one attached hydrogen (secondary N) is 2. The molecule has 100 valence electrons. The molecular weight excluding hydrogens is 244 g/mol. The molecule has 0 aromatic heterocycles. The molecule has 1 fully saturated rings. The lowest BCUT2D eigenvalue weighted by atomic mass is 9.97. The van der Waals surface area contributed by atoms with Gasteiger partial charge in [-0.25, -0.2) is 4.79 Å². The zero-order chi connectivity index (χ0) is 13.5. The number of rotatable bonds is 4. The second-order valence-corrected chi connectivity index (χ2v) is 5.30. The third kappa shape index (κ3) is 2.16. The van der Waals surface area contributed by atoms with Crippen molar-refractivity contribution in [1.29, 1.82) is 0 Å². The lowest BCUT2D eigenvalue weighted by Crippen LogP contribution is -2.43. The van der Waals surface area contributed by atoms with E-state index < -0.39 is 11.5 Å². The van der Waals surface area contributed by atoms with E-state index >= 15 is 0 Å². The summed E-state index contributed by atoms with van der Waals surface area (Å²) in [5.74, 6) is -0.977. The third-order valence-electron chi connectivity index (χ3n) is 3.91. The van der Waals surface area contributed by atoms with Crippen LogP contribution in [0, 0.1) is 0 Å². The summed E-state index contributed by atoms with van der Waals surface area (Å²) in [7, 11) is 0. The normalized spacial score (nSPS) is 22.2. The van der Waals surface area contributed by atoms with Crippen molar-refractivity contribution in [1.82, 2.24) is 5.32 Å². The van der Waals surface area contributed by atoms with Gasteiger partial charge in [0.1, 0.15) is 5.54 Å². The third-order valence-corrected chi connectivity index (χ3v) is 3.91. The Morgan fingerprint density at radius 3 is 2.79 bits per heavy atom. The molecule has 5 heteroatoms. The largest absolute Gasteiger partial charge is 0.480 e. The maximum absolute atomic E-state index is 12.0. The molecule has 2 aliphatic rings. The molecule has 1 aliphatic heterocycles. The van der Waals surface area contributed by atoms with Crippen molar-refractivity contribution in [2.24, 2.45) is 0 Å². The molecule has 3 N–H and O–H groups in total. The molecule has 1 saturated carbocycles. The van der Waals surface area contributed by atoms with Crippen LogP contribution in [0.3, 0.4) is 0 Å². The summed E-state index contributed by atoms with van der Waals surface area (Å²) >= 11 is 0. The van der Waals surface area contributed by atoms with Crippen LogP contribution in [0.1, 0.15) is 30.7 Å². The highest BCUT2D eigenvalue weighted by atomic mass is 16.4.